The van der Waals surface area contributed by atoms with Crippen LogP contribution in [0.3, 0.4) is 0 Å². The van der Waals surface area contributed by atoms with Gasteiger partial charge in [-0.3, -0.25) is 29.4 Å². The quantitative estimate of drug-likeness (QED) is 0.124. The van der Waals surface area contributed by atoms with Crippen LogP contribution in [0, 0.1) is 5.41 Å². The lowest BCUT2D eigenvalue weighted by atomic mass is 10.0. The molecular weight excluding hydrogens is 450 g/mol. The maximum absolute atomic E-state index is 12.7. The van der Waals surface area contributed by atoms with Crippen LogP contribution in [0.5, 0.6) is 0 Å². The van der Waals surface area contributed by atoms with E-state index < -0.39 is 53.7 Å². The fraction of sp³-hybridized carbons (Fsp3) is 0.556. The molecule has 190 valence electrons. The topological polar surface area (TPSA) is 271 Å². The largest absolute Gasteiger partial charge is 0.403 e. The average molecular weight is 484 g/mol. The van der Waals surface area contributed by atoms with Crippen molar-refractivity contribution in [2.24, 2.45) is 17.2 Å². The maximum Gasteiger partial charge on any atom is 0.270 e. The number of carbonyl (C=O) groups excluding carboxylic acids is 5. The number of guanidine groups is 1. The maximum atomic E-state index is 12.7. The number of hydrogen-bond donors (Lipinski definition) is 11. The zero-order chi connectivity index (χ0) is 25.8. The molecule has 0 bridgehead atoms. The van der Waals surface area contributed by atoms with E-state index in [1.165, 1.54) is 14.0 Å². The zero-order valence-electron chi connectivity index (χ0n) is 19.0. The molecule has 1 heterocycles. The minimum Gasteiger partial charge on any atom is -0.403 e. The number of hydrogen-bond acceptors (Lipinski definition) is 9. The van der Waals surface area contributed by atoms with Gasteiger partial charge in [0.2, 0.25) is 23.6 Å². The van der Waals surface area contributed by atoms with Gasteiger partial charge in [0.05, 0.1) is 12.6 Å². The van der Waals surface area contributed by atoms with Crippen LogP contribution in [0.1, 0.15) is 13.3 Å². The van der Waals surface area contributed by atoms with E-state index in [0.717, 1.165) is 6.20 Å². The summed E-state index contributed by atoms with van der Waals surface area (Å²) >= 11 is 0. The molecule has 0 spiro atoms. The molecule has 0 aromatic rings. The van der Waals surface area contributed by atoms with Crippen LogP contribution >= 0.6 is 0 Å². The third-order valence-corrected chi connectivity index (χ3v) is 4.80. The third kappa shape index (κ3) is 8.21. The van der Waals surface area contributed by atoms with Crippen LogP contribution in [-0.2, 0) is 24.0 Å². The van der Waals surface area contributed by atoms with Gasteiger partial charge in [-0.2, -0.15) is 0 Å². The van der Waals surface area contributed by atoms with Crippen LogP contribution in [-0.4, -0.2) is 86.3 Å². The van der Waals surface area contributed by atoms with Crippen molar-refractivity contribution in [3.05, 3.63) is 11.9 Å². The average Bonchev–Trinajstić information content (AvgIpc) is 2.82. The normalized spacial score (nSPS) is 18.2. The molecule has 0 saturated carbocycles. The van der Waals surface area contributed by atoms with Crippen molar-refractivity contribution < 1.29 is 24.0 Å². The number of likely N-dealkylation sites (N-methyl/N-ethyl adjacent to an activating group) is 1. The molecule has 1 fully saturated rings. The summed E-state index contributed by atoms with van der Waals surface area (Å²) in [6.07, 6.45) is 1.25. The van der Waals surface area contributed by atoms with Gasteiger partial charge in [0.15, 0.2) is 5.96 Å². The van der Waals surface area contributed by atoms with E-state index in [9.17, 15) is 24.0 Å². The summed E-state index contributed by atoms with van der Waals surface area (Å²) in [5.74, 6) is -3.51. The first-order valence-corrected chi connectivity index (χ1v) is 10.4. The standard InChI is InChI=1S/C18H33N11O5/c1-8(25-12(30)7-21)14(31)26-10(5-19)15(32)27-11(6-20)16(33)29-13(17(34)23-2)9-3-4-24-18(22)28-9/h6,8-10,13H,3-5,7,19-21H2,1-2H3,(H,23,34)(H,25,30)(H,26,31)(H,27,32)(H,29,33)(H3,22,24,28)/b11-6-/t8-,9?,10-,13-/m0/s1. The second-order valence-corrected chi connectivity index (χ2v) is 7.27. The van der Waals surface area contributed by atoms with E-state index >= 15 is 0 Å². The molecular formula is C18H33N11O5. The fourth-order valence-electron chi connectivity index (χ4n) is 2.92. The zero-order valence-corrected chi connectivity index (χ0v) is 19.0. The molecule has 0 aliphatic carbocycles. The number of amides is 5. The summed E-state index contributed by atoms with van der Waals surface area (Å²) in [4.78, 5) is 61.2. The monoisotopic (exact) mass is 483 g/mol. The first-order valence-electron chi connectivity index (χ1n) is 10.4. The Morgan fingerprint density at radius 3 is 2.32 bits per heavy atom. The Kier molecular flexibility index (Phi) is 11.2. The molecule has 1 saturated heterocycles. The van der Waals surface area contributed by atoms with Gasteiger partial charge >= 0.3 is 0 Å². The Labute approximate surface area is 196 Å². The molecule has 5 amide bonds. The van der Waals surface area contributed by atoms with E-state index in [-0.39, 0.29) is 24.7 Å². The van der Waals surface area contributed by atoms with Crippen LogP contribution < -0.4 is 54.4 Å². The van der Waals surface area contributed by atoms with Crippen LogP contribution in [0.2, 0.25) is 0 Å². The Hall–Kier alpha value is -3.92. The predicted molar refractivity (Wildman–Crippen MR) is 121 cm³/mol. The van der Waals surface area contributed by atoms with Gasteiger partial charge in [0.25, 0.3) is 5.91 Å². The van der Waals surface area contributed by atoms with Crippen molar-refractivity contribution in [3.63, 3.8) is 0 Å². The lowest BCUT2D eigenvalue weighted by molar-refractivity contribution is -0.131. The van der Waals surface area contributed by atoms with Gasteiger partial charge in [-0.25, -0.2) is 0 Å². The molecule has 16 nitrogen and oxygen atoms in total. The van der Waals surface area contributed by atoms with Gasteiger partial charge in [0.1, 0.15) is 23.8 Å². The van der Waals surface area contributed by atoms with Crippen molar-refractivity contribution in [3.8, 4) is 0 Å². The van der Waals surface area contributed by atoms with Gasteiger partial charge in [0, 0.05) is 26.3 Å². The van der Waals surface area contributed by atoms with Crippen LogP contribution in [0.15, 0.2) is 11.9 Å². The SMILES string of the molecule is CNC(=O)[C@@H](NC(=O)/C(=C/N)NC(=O)[C@H](CN)NC(=O)[C@H](C)NC(=O)CN)C1CCNC(=N)N1. The Morgan fingerprint density at radius 1 is 1.12 bits per heavy atom. The van der Waals surface area contributed by atoms with Gasteiger partial charge in [-0.15, -0.1) is 0 Å². The Balaban J connectivity index is 2.83. The number of carbonyl (C=O) groups is 5. The smallest absolute Gasteiger partial charge is 0.270 e. The molecule has 14 N–H and O–H groups in total. The summed E-state index contributed by atoms with van der Waals surface area (Å²) in [7, 11) is 1.39. The lowest BCUT2D eigenvalue weighted by Crippen LogP contribution is -2.63. The summed E-state index contributed by atoms with van der Waals surface area (Å²) in [6.45, 7) is 1.17. The van der Waals surface area contributed by atoms with E-state index in [1.54, 1.807) is 0 Å². The first kappa shape index (κ1) is 28.1. The molecule has 1 aliphatic rings. The number of nitrogens with two attached hydrogens (primary N) is 3. The second-order valence-electron chi connectivity index (χ2n) is 7.27. The molecule has 1 unspecified atom stereocenters. The van der Waals surface area contributed by atoms with Gasteiger partial charge in [-0.05, 0) is 13.3 Å². The minimum absolute atomic E-state index is 0.000653. The number of rotatable bonds is 11. The van der Waals surface area contributed by atoms with E-state index in [4.69, 9.17) is 22.6 Å². The Bertz CT molecular complexity index is 831. The van der Waals surface area contributed by atoms with E-state index in [2.05, 4.69) is 37.2 Å². The molecule has 16 heteroatoms. The van der Waals surface area contributed by atoms with Gasteiger partial charge in [-0.1, -0.05) is 0 Å². The van der Waals surface area contributed by atoms with Crippen molar-refractivity contribution in [1.29, 1.82) is 5.41 Å². The fourth-order valence-corrected chi connectivity index (χ4v) is 2.92. The van der Waals surface area contributed by atoms with Crippen LogP contribution in [0.25, 0.3) is 0 Å². The molecule has 4 atom stereocenters. The number of nitrogens with one attached hydrogen (secondary N) is 8. The van der Waals surface area contributed by atoms with Gasteiger partial charge < -0.3 is 54.4 Å². The highest BCUT2D eigenvalue weighted by Gasteiger charge is 2.33. The molecule has 34 heavy (non-hydrogen) atoms. The summed E-state index contributed by atoms with van der Waals surface area (Å²) in [5, 5.41) is 25.1. The van der Waals surface area contributed by atoms with E-state index in [0.29, 0.717) is 13.0 Å². The van der Waals surface area contributed by atoms with Crippen molar-refractivity contribution >= 4 is 35.5 Å². The molecule has 1 aliphatic heterocycles. The predicted octanol–water partition coefficient (Wildman–Crippen LogP) is -6.07. The minimum atomic E-state index is -1.26. The third-order valence-electron chi connectivity index (χ3n) is 4.80. The highest BCUT2D eigenvalue weighted by Crippen LogP contribution is 2.04. The molecule has 1 rings (SSSR count). The molecule has 0 radical (unpaired) electrons. The molecule has 0 aromatic carbocycles. The first-order chi connectivity index (χ1) is 16.1. The highest BCUT2D eigenvalue weighted by molar-refractivity contribution is 6.01. The van der Waals surface area contributed by atoms with Crippen molar-refractivity contribution in [1.82, 2.24) is 37.2 Å². The summed E-state index contributed by atoms with van der Waals surface area (Å²) in [5.41, 5.74) is 15.9. The summed E-state index contributed by atoms with van der Waals surface area (Å²) in [6, 6.07) is -3.92. The van der Waals surface area contributed by atoms with Crippen LogP contribution in [0.4, 0.5) is 0 Å². The van der Waals surface area contributed by atoms with Crippen molar-refractivity contribution in [2.45, 2.75) is 37.5 Å². The summed E-state index contributed by atoms with van der Waals surface area (Å²) < 4.78 is 0. The lowest BCUT2D eigenvalue weighted by Gasteiger charge is -2.32. The van der Waals surface area contributed by atoms with E-state index in [1.807, 2.05) is 0 Å². The highest BCUT2D eigenvalue weighted by atomic mass is 16.2. The molecule has 0 aromatic heterocycles. The second kappa shape index (κ2) is 13.6. The Morgan fingerprint density at radius 2 is 1.79 bits per heavy atom. The van der Waals surface area contributed by atoms with Crippen molar-refractivity contribution in [2.75, 3.05) is 26.7 Å².